The fraction of sp³-hybridized carbons (Fsp3) is 0.450. The van der Waals surface area contributed by atoms with Gasteiger partial charge in [-0.05, 0) is 43.5 Å². The van der Waals surface area contributed by atoms with Crippen LogP contribution >= 0.6 is 11.3 Å². The van der Waals surface area contributed by atoms with Crippen LogP contribution in [0.1, 0.15) is 52.2 Å². The minimum absolute atomic E-state index is 0.0300. The van der Waals surface area contributed by atoms with Crippen molar-refractivity contribution in [1.29, 1.82) is 0 Å². The molecule has 0 aliphatic carbocycles. The van der Waals surface area contributed by atoms with Gasteiger partial charge in [-0.1, -0.05) is 24.7 Å². The van der Waals surface area contributed by atoms with E-state index >= 15 is 0 Å². The van der Waals surface area contributed by atoms with Crippen molar-refractivity contribution in [2.75, 3.05) is 25.0 Å². The molecule has 0 bridgehead atoms. The minimum atomic E-state index is -0.523. The number of hydrogen-bond donors (Lipinski definition) is 2. The van der Waals surface area contributed by atoms with E-state index in [2.05, 4.69) is 27.8 Å². The largest absolute Gasteiger partial charge is 0.356 e. The number of benzene rings is 1. The van der Waals surface area contributed by atoms with Gasteiger partial charge in [0.05, 0.1) is 5.92 Å². The van der Waals surface area contributed by atoms with Crippen molar-refractivity contribution >= 4 is 34.7 Å². The number of amides is 3. The van der Waals surface area contributed by atoms with Crippen LogP contribution in [0, 0.1) is 11.7 Å². The summed E-state index contributed by atoms with van der Waals surface area (Å²) < 4.78 is 13.0. The first-order chi connectivity index (χ1) is 14.5. The van der Waals surface area contributed by atoms with E-state index in [4.69, 9.17) is 0 Å². The average Bonchev–Trinajstić information content (AvgIpc) is 3.25. The van der Waals surface area contributed by atoms with Crippen LogP contribution in [0.3, 0.4) is 0 Å². The maximum Gasteiger partial charge on any atom is 0.286 e. The molecule has 30 heavy (non-hydrogen) atoms. The molecule has 2 heterocycles. The molecule has 2 N–H and O–H groups in total. The van der Waals surface area contributed by atoms with Crippen molar-refractivity contribution in [2.24, 2.45) is 5.92 Å². The van der Waals surface area contributed by atoms with E-state index in [9.17, 15) is 18.8 Å². The van der Waals surface area contributed by atoms with Crippen molar-refractivity contribution in [1.82, 2.24) is 20.4 Å². The van der Waals surface area contributed by atoms with Crippen molar-refractivity contribution in [3.8, 4) is 0 Å². The van der Waals surface area contributed by atoms with E-state index in [0.717, 1.165) is 37.0 Å². The van der Waals surface area contributed by atoms with E-state index in [0.29, 0.717) is 25.3 Å². The molecular weight excluding hydrogens is 409 g/mol. The summed E-state index contributed by atoms with van der Waals surface area (Å²) in [4.78, 5) is 39.0. The lowest BCUT2D eigenvalue weighted by Crippen LogP contribution is -2.45. The Labute approximate surface area is 177 Å². The SMILES string of the molecule is CCCCNC(=O)[C@@H]1CCCN(C(=O)c2nnc(C(=O)Nc3ccc(F)cc3)s2)C1. The van der Waals surface area contributed by atoms with E-state index in [1.54, 1.807) is 4.90 Å². The number of nitrogens with zero attached hydrogens (tertiary/aromatic N) is 3. The average molecular weight is 434 g/mol. The number of unbranched alkanes of at least 4 members (excludes halogenated alkanes) is 1. The molecule has 8 nitrogen and oxygen atoms in total. The molecular formula is C20H24FN5O3S. The van der Waals surface area contributed by atoms with Gasteiger partial charge in [-0.15, -0.1) is 10.2 Å². The lowest BCUT2D eigenvalue weighted by atomic mass is 9.97. The Hall–Kier alpha value is -2.88. The third kappa shape index (κ3) is 5.59. The fourth-order valence-electron chi connectivity index (χ4n) is 3.16. The molecule has 160 valence electrons. The van der Waals surface area contributed by atoms with Crippen LogP contribution in [0.4, 0.5) is 10.1 Å². The highest BCUT2D eigenvalue weighted by Gasteiger charge is 2.30. The van der Waals surface area contributed by atoms with Crippen LogP contribution in [0.15, 0.2) is 24.3 Å². The second-order valence-corrected chi connectivity index (χ2v) is 8.09. The Bertz CT molecular complexity index is 902. The first-order valence-electron chi connectivity index (χ1n) is 9.95. The number of nitrogens with one attached hydrogen (secondary N) is 2. The Morgan fingerprint density at radius 1 is 1.20 bits per heavy atom. The number of carbonyl (C=O) groups is 3. The number of rotatable bonds is 7. The molecule has 1 saturated heterocycles. The van der Waals surface area contributed by atoms with E-state index in [1.165, 1.54) is 24.3 Å². The second-order valence-electron chi connectivity index (χ2n) is 7.11. The van der Waals surface area contributed by atoms with Crippen LogP contribution < -0.4 is 10.6 Å². The van der Waals surface area contributed by atoms with Crippen LogP contribution in [0.5, 0.6) is 0 Å². The van der Waals surface area contributed by atoms with Crippen molar-refractivity contribution in [3.05, 3.63) is 40.1 Å². The Balaban J connectivity index is 1.59. The zero-order valence-electron chi connectivity index (χ0n) is 16.7. The monoisotopic (exact) mass is 433 g/mol. The van der Waals surface area contributed by atoms with Crippen LogP contribution in [0.25, 0.3) is 0 Å². The van der Waals surface area contributed by atoms with Gasteiger partial charge in [0.25, 0.3) is 11.8 Å². The summed E-state index contributed by atoms with van der Waals surface area (Å²) >= 11 is 0.892. The number of anilines is 1. The minimum Gasteiger partial charge on any atom is -0.356 e. The van der Waals surface area contributed by atoms with Crippen LogP contribution in [0.2, 0.25) is 0 Å². The van der Waals surface area contributed by atoms with Crippen LogP contribution in [-0.4, -0.2) is 52.5 Å². The summed E-state index contributed by atoms with van der Waals surface area (Å²) in [5, 5.41) is 13.3. The maximum absolute atomic E-state index is 13.0. The topological polar surface area (TPSA) is 104 Å². The summed E-state index contributed by atoms with van der Waals surface area (Å²) in [7, 11) is 0. The number of likely N-dealkylation sites (tertiary alicyclic amines) is 1. The Morgan fingerprint density at radius 2 is 1.93 bits per heavy atom. The van der Waals surface area contributed by atoms with Crippen molar-refractivity contribution < 1.29 is 18.8 Å². The molecule has 1 aromatic carbocycles. The van der Waals surface area contributed by atoms with Gasteiger partial charge >= 0.3 is 0 Å². The van der Waals surface area contributed by atoms with E-state index in [1.807, 2.05) is 0 Å². The number of aromatic nitrogens is 2. The van der Waals surface area contributed by atoms with Gasteiger partial charge in [0, 0.05) is 25.3 Å². The summed E-state index contributed by atoms with van der Waals surface area (Å²) in [6, 6.07) is 5.32. The van der Waals surface area contributed by atoms with Gasteiger partial charge < -0.3 is 15.5 Å². The van der Waals surface area contributed by atoms with E-state index in [-0.39, 0.29) is 27.7 Å². The molecule has 0 spiro atoms. The predicted octanol–water partition coefficient (Wildman–Crippen LogP) is 2.70. The molecule has 1 atom stereocenters. The van der Waals surface area contributed by atoms with Gasteiger partial charge in [0.2, 0.25) is 15.9 Å². The summed E-state index contributed by atoms with van der Waals surface area (Å²) in [6.45, 7) is 3.56. The standard InChI is InChI=1S/C20H24FN5O3S/c1-2-3-10-22-16(27)13-5-4-11-26(12-13)20(29)19-25-24-18(30-19)17(28)23-15-8-6-14(21)7-9-15/h6-9,13H,2-5,10-12H2,1H3,(H,22,27)(H,23,28)/t13-/m1/s1. The Morgan fingerprint density at radius 3 is 2.67 bits per heavy atom. The number of piperidine rings is 1. The molecule has 1 aromatic heterocycles. The van der Waals surface area contributed by atoms with Gasteiger partial charge in [-0.2, -0.15) is 0 Å². The zero-order valence-corrected chi connectivity index (χ0v) is 17.5. The third-order valence-electron chi connectivity index (χ3n) is 4.81. The second kappa shape index (κ2) is 10.2. The number of halogens is 1. The summed E-state index contributed by atoms with van der Waals surface area (Å²) in [6.07, 6.45) is 3.40. The normalized spacial score (nSPS) is 16.2. The summed E-state index contributed by atoms with van der Waals surface area (Å²) in [5.41, 5.74) is 0.414. The van der Waals surface area contributed by atoms with Gasteiger partial charge in [0.15, 0.2) is 0 Å². The molecule has 0 saturated carbocycles. The summed E-state index contributed by atoms with van der Waals surface area (Å²) in [5.74, 6) is -1.54. The smallest absolute Gasteiger partial charge is 0.286 e. The molecule has 1 aliphatic rings. The molecule has 1 aliphatic heterocycles. The predicted molar refractivity (Wildman–Crippen MR) is 111 cm³/mol. The zero-order chi connectivity index (χ0) is 21.5. The molecule has 0 unspecified atom stereocenters. The fourth-order valence-corrected chi connectivity index (χ4v) is 3.87. The quantitative estimate of drug-likeness (QED) is 0.654. The molecule has 3 amide bonds. The van der Waals surface area contributed by atoms with Gasteiger partial charge in [0.1, 0.15) is 5.82 Å². The number of carbonyl (C=O) groups excluding carboxylic acids is 3. The highest BCUT2D eigenvalue weighted by molar-refractivity contribution is 7.15. The van der Waals surface area contributed by atoms with Gasteiger partial charge in [-0.3, -0.25) is 14.4 Å². The molecule has 1 fully saturated rings. The maximum atomic E-state index is 13.0. The van der Waals surface area contributed by atoms with Crippen LogP contribution in [-0.2, 0) is 4.79 Å². The highest BCUT2D eigenvalue weighted by Crippen LogP contribution is 2.21. The molecule has 2 aromatic rings. The lowest BCUT2D eigenvalue weighted by Gasteiger charge is -2.31. The first-order valence-corrected chi connectivity index (χ1v) is 10.8. The molecule has 0 radical (unpaired) electrons. The highest BCUT2D eigenvalue weighted by atomic mass is 32.1. The first kappa shape index (κ1) is 21.8. The van der Waals surface area contributed by atoms with Crippen molar-refractivity contribution in [2.45, 2.75) is 32.6 Å². The lowest BCUT2D eigenvalue weighted by molar-refractivity contribution is -0.126. The Kier molecular flexibility index (Phi) is 7.45. The molecule has 10 heteroatoms. The van der Waals surface area contributed by atoms with Crippen molar-refractivity contribution in [3.63, 3.8) is 0 Å². The van der Waals surface area contributed by atoms with E-state index < -0.39 is 11.7 Å². The molecule has 3 rings (SSSR count). The number of hydrogen-bond acceptors (Lipinski definition) is 6. The third-order valence-corrected chi connectivity index (χ3v) is 5.72. The van der Waals surface area contributed by atoms with Gasteiger partial charge in [-0.25, -0.2) is 4.39 Å².